The van der Waals surface area contributed by atoms with Crippen molar-refractivity contribution >= 4 is 76.8 Å². The van der Waals surface area contributed by atoms with Crippen molar-refractivity contribution in [3.8, 4) is 23.0 Å². The van der Waals surface area contributed by atoms with Gasteiger partial charge < -0.3 is 63.0 Å². The molecule has 8 rings (SSSR count). The minimum absolute atomic E-state index is 0.0167. The van der Waals surface area contributed by atoms with Crippen molar-refractivity contribution < 1.29 is 72.9 Å². The van der Waals surface area contributed by atoms with E-state index in [1.165, 1.54) is 78.3 Å². The van der Waals surface area contributed by atoms with E-state index in [0.29, 0.717) is 38.5 Å². The third kappa shape index (κ3) is 22.8. The molecule has 0 radical (unpaired) electrons. The normalized spacial score (nSPS) is 21.0. The van der Waals surface area contributed by atoms with Crippen LogP contribution in [-0.4, -0.2) is 248 Å². The van der Waals surface area contributed by atoms with Crippen molar-refractivity contribution in [1.82, 2.24) is 78.3 Å². The summed E-state index contributed by atoms with van der Waals surface area (Å²) >= 11 is 4.94. The Hall–Kier alpha value is -10.6. The molecule has 29 nitrogen and oxygen atoms in total. The molecule has 0 saturated carbocycles. The number of thiocarbonyl (C=S) groups is 1. The molecule has 98 heavy (non-hydrogen) atoms. The number of hydrogen-bond acceptors (Lipinski definition) is 19. The number of para-hydroxylation sites is 4. The van der Waals surface area contributed by atoms with Gasteiger partial charge >= 0.3 is 90.1 Å². The summed E-state index contributed by atoms with van der Waals surface area (Å²) < 4.78 is 13.9. The minimum atomic E-state index is -0.750. The molecule has 0 aromatic heterocycles. The van der Waals surface area contributed by atoms with E-state index < -0.39 is 82.3 Å². The summed E-state index contributed by atoms with van der Waals surface area (Å²) in [6.07, 6.45) is 3.24. The number of hydrogen-bond donors (Lipinski definition) is 15. The van der Waals surface area contributed by atoms with Crippen LogP contribution >= 0.6 is 12.2 Å². The predicted octanol–water partition coefficient (Wildman–Crippen LogP) is 0.486. The second kappa shape index (κ2) is 38.3. The number of amides is 9. The first kappa shape index (κ1) is 74.8. The summed E-state index contributed by atoms with van der Waals surface area (Å²) in [4.78, 5) is 145. The zero-order chi connectivity index (χ0) is 70.5. The van der Waals surface area contributed by atoms with Crippen molar-refractivity contribution in [2.75, 3.05) is 131 Å². The van der Waals surface area contributed by atoms with Gasteiger partial charge in [-0.2, -0.15) is 5.54 Å². The van der Waals surface area contributed by atoms with E-state index in [4.69, 9.17) is 12.2 Å². The number of carbonyl (C=O) groups excluding carboxylic acids is 10. The van der Waals surface area contributed by atoms with Crippen molar-refractivity contribution in [3.63, 3.8) is 0 Å². The van der Waals surface area contributed by atoms with E-state index in [2.05, 4.69) is 53.2 Å². The summed E-state index contributed by atoms with van der Waals surface area (Å²) in [5.74, 6) is -8.22. The van der Waals surface area contributed by atoms with Crippen LogP contribution in [-0.2, 0) is 9.59 Å². The van der Waals surface area contributed by atoms with Crippen LogP contribution in [0.3, 0.4) is 0 Å². The second-order valence-corrected chi connectivity index (χ2v) is 25.9. The van der Waals surface area contributed by atoms with Gasteiger partial charge in [0.1, 0.15) is 23.0 Å². The third-order valence-electron chi connectivity index (χ3n) is 16.9. The fraction of sp³-hybridized carbons (Fsp3) is 0.470. The Balaban J connectivity index is 1.35. The van der Waals surface area contributed by atoms with Gasteiger partial charge in [0.2, 0.25) is 0 Å². The number of carbonyl (C=O) groups is 10. The summed E-state index contributed by atoms with van der Waals surface area (Å²) in [7, 11) is 0. The Morgan fingerprint density at radius 3 is 1.01 bits per heavy atom. The molecule has 0 saturated heterocycles. The number of aromatic hydroxyl groups is 4. The van der Waals surface area contributed by atoms with Gasteiger partial charge in [0.25, 0.3) is 47.3 Å². The molecule has 4 aromatic carbocycles. The number of fused-ring (bicyclic) bond motifs is 16. The number of nitrogens with zero attached hydrogens (tertiary/aromatic N) is 4. The molecule has 0 spiro atoms. The molecular formula is C66H87CmFN15O14S. The number of nitrogens with one attached hydrogen (secondary N) is 11. The topological polar surface area (TPSA) is 397 Å². The number of halogens is 1. The second-order valence-electron chi connectivity index (χ2n) is 23.9. The van der Waals surface area contributed by atoms with Crippen molar-refractivity contribution in [3.05, 3.63) is 117 Å². The molecule has 6 unspecified atom stereocenters. The summed E-state index contributed by atoms with van der Waals surface area (Å²) in [6.45, 7) is 1.69. The van der Waals surface area contributed by atoms with Gasteiger partial charge in [-0.1, -0.05) is 24.3 Å². The maximum atomic E-state index is 14.6. The van der Waals surface area contributed by atoms with E-state index in [9.17, 15) is 72.9 Å². The molecule has 12 bridgehead atoms. The molecule has 9 amide bonds. The molecular weight excluding hydrogens is 1520 g/mol. The number of benzene rings is 4. The molecule has 6 atom stereocenters. The maximum absolute atomic E-state index is 14.6. The molecule has 4 aliphatic rings. The van der Waals surface area contributed by atoms with Crippen LogP contribution in [0.15, 0.2) is 72.8 Å². The SMILES string of the molecule is O=[C]([Cm])CCCC(=O)NCCCCC1CN2CCNC(=O)c3cccc(c3O)C(=O)NCCN(CCNC(=O)c3cccc(c3O)C(=O)N1)CCN1CCNC(=O)c3cccc(c3O)C(=O)NCCN(CC2)CC(CCCCNC(=S)NF)NC(=O)c2cccc(c2O)C(=O)NCC1. The van der Waals surface area contributed by atoms with E-state index in [1.807, 2.05) is 19.6 Å². The van der Waals surface area contributed by atoms with Gasteiger partial charge in [-0.3, -0.25) is 58.0 Å². The number of phenols is 4. The number of unbranched alkanes of at least 4 members (excludes halogenated alkanes) is 2. The van der Waals surface area contributed by atoms with Gasteiger partial charge in [-0.15, -0.1) is 4.48 Å². The monoisotopic (exact) mass is 1610 g/mol. The number of phenolic OH excluding ortho intramolecular Hbond substituents is 4. The first-order chi connectivity index (χ1) is 47.2. The van der Waals surface area contributed by atoms with Crippen LogP contribution < -0.4 is 58.7 Å². The van der Waals surface area contributed by atoms with Crippen LogP contribution in [0, 0.1) is 0 Å². The zero-order valence-electron chi connectivity index (χ0n) is 54.4. The summed E-state index contributed by atoms with van der Waals surface area (Å²) in [6, 6.07) is 15.3. The molecule has 32 heteroatoms. The van der Waals surface area contributed by atoms with Crippen LogP contribution in [0.2, 0.25) is 0 Å². The average molecular weight is 1610 g/mol. The van der Waals surface area contributed by atoms with Gasteiger partial charge in [-0.25, -0.2) is 0 Å². The molecule has 4 heterocycles. The Morgan fingerprint density at radius 2 is 0.704 bits per heavy atom. The standard InChI is InChI=1S/C66H87FN15O14S.Cm/c67-78-66(97)75-23-5-2-12-44-42-82-35-29-74-61(92)48-16-8-14-46(55(48)86)59(90)70-25-31-80(33-27-72-63(94)50-18-10-20-52(57(50)88)65(96)77-44)37-36-79-30-24-69-58(89)45-13-7-15-47(54(45)85)60(91)73-28-34-81(38-39-82)41-43(11-1-4-22-68-53(84)21-3-6-40-83)76-64(95)51-19-9-17-49(56(51)87)62(93)71-26-32-79;/h7-10,13-20,43-44,85-88H,1-6,11-12,21-39,41-42H2,(H,68,84)(H,69,89)(H,70,90)(H,71,93)(H,72,94)(H,73,91)(H,74,92)(H,76,95)(H,77,96)(H2,75,78,97);. The zero-order valence-corrected chi connectivity index (χ0v) is 58.1. The van der Waals surface area contributed by atoms with Crippen LogP contribution in [0.5, 0.6) is 23.0 Å². The van der Waals surface area contributed by atoms with Gasteiger partial charge in [0, 0.05) is 124 Å². The Bertz CT molecular complexity index is 3500. The van der Waals surface area contributed by atoms with Gasteiger partial charge in [0.15, 0.2) is 5.11 Å². The molecule has 4 aromatic rings. The van der Waals surface area contributed by atoms with E-state index in [-0.39, 0.29) is 212 Å². The Morgan fingerprint density at radius 1 is 0.418 bits per heavy atom. The predicted molar refractivity (Wildman–Crippen MR) is 359 cm³/mol. The number of rotatable bonds is 14. The van der Waals surface area contributed by atoms with Gasteiger partial charge in [0.05, 0.1) is 44.5 Å². The fourth-order valence-electron chi connectivity index (χ4n) is 11.5. The first-order valence-electron chi connectivity index (χ1n) is 32.8. The Kier molecular flexibility index (Phi) is 29.2. The third-order valence-corrected chi connectivity index (χ3v) is 17.9. The average Bonchev–Trinajstić information content (AvgIpc) is 0.850. The van der Waals surface area contributed by atoms with Crippen molar-refractivity contribution in [1.29, 1.82) is 0 Å². The summed E-state index contributed by atoms with van der Waals surface area (Å²) in [5.41, 5.74) is -0.184. The molecule has 531 valence electrons. The van der Waals surface area contributed by atoms with E-state index >= 15 is 0 Å². The smallest absolute Gasteiger partial charge is 0.506 e. The fourth-order valence-corrected chi connectivity index (χ4v) is 12.2. The first-order valence-corrected chi connectivity index (χ1v) is 34.7. The van der Waals surface area contributed by atoms with Crippen molar-refractivity contribution in [2.24, 2.45) is 0 Å². The van der Waals surface area contributed by atoms with Crippen LogP contribution in [0.1, 0.15) is 141 Å². The van der Waals surface area contributed by atoms with Crippen LogP contribution in [0.25, 0.3) is 0 Å². The quantitative estimate of drug-likeness (QED) is 0.0464. The minimum Gasteiger partial charge on any atom is -0.506 e. The molecule has 15 N–H and O–H groups in total. The van der Waals surface area contributed by atoms with Crippen LogP contribution in [0.4, 0.5) is 4.48 Å². The van der Waals surface area contributed by atoms with Gasteiger partial charge in [-0.05, 0) is 80.0 Å². The molecule has 0 aliphatic carbocycles. The van der Waals surface area contributed by atoms with Crippen molar-refractivity contribution in [2.45, 2.75) is 69.9 Å². The molecule has 0 fully saturated rings. The Labute approximate surface area is 566 Å². The molecule has 4 aliphatic heterocycles. The van der Waals surface area contributed by atoms with E-state index in [1.54, 1.807) is 0 Å². The summed E-state index contributed by atoms with van der Waals surface area (Å²) in [5, 5.41) is 75.2. The van der Waals surface area contributed by atoms with E-state index in [0.717, 1.165) is 0 Å².